The van der Waals surface area contributed by atoms with E-state index in [1.54, 1.807) is 13.3 Å². The first-order valence-corrected chi connectivity index (χ1v) is 6.07. The number of nitrogens with zero attached hydrogens (tertiary/aromatic N) is 4. The summed E-state index contributed by atoms with van der Waals surface area (Å²) < 4.78 is 7.22. The predicted molar refractivity (Wildman–Crippen MR) is 73.3 cm³/mol. The maximum Gasteiger partial charge on any atom is 0.223 e. The lowest BCUT2D eigenvalue weighted by molar-refractivity contribution is 0.412. The van der Waals surface area contributed by atoms with E-state index in [0.29, 0.717) is 17.3 Å². The number of aromatic nitrogens is 4. The number of benzene rings is 1. The van der Waals surface area contributed by atoms with Gasteiger partial charge in [0.25, 0.3) is 0 Å². The standard InChI is InChI=1S/C13H11ClN4O/c1-18-9-6-4-3-5-8(9)16-12(18)11-10(19-2)7-15-13(14)17-11/h3-7H,1-2H3. The number of fused-ring (bicyclic) bond motifs is 1. The van der Waals surface area contributed by atoms with Crippen molar-refractivity contribution in [1.82, 2.24) is 19.5 Å². The number of aryl methyl sites for hydroxylation is 1. The number of rotatable bonds is 2. The number of hydrogen-bond donors (Lipinski definition) is 0. The quantitative estimate of drug-likeness (QED) is 0.674. The molecule has 0 N–H and O–H groups in total. The molecule has 0 unspecified atom stereocenters. The van der Waals surface area contributed by atoms with Crippen LogP contribution in [0.15, 0.2) is 30.5 Å². The van der Waals surface area contributed by atoms with Crippen LogP contribution in [0.5, 0.6) is 5.75 Å². The number of imidazole rings is 1. The molecule has 0 amide bonds. The Bertz CT molecular complexity index is 753. The van der Waals surface area contributed by atoms with Gasteiger partial charge in [-0.2, -0.15) is 0 Å². The highest BCUT2D eigenvalue weighted by atomic mass is 35.5. The normalized spacial score (nSPS) is 10.9. The molecule has 0 atom stereocenters. The van der Waals surface area contributed by atoms with Crippen LogP contribution in [0, 0.1) is 0 Å². The van der Waals surface area contributed by atoms with Gasteiger partial charge in [0, 0.05) is 7.05 Å². The van der Waals surface area contributed by atoms with Crippen LogP contribution in [-0.2, 0) is 7.05 Å². The molecule has 0 aliphatic rings. The Balaban J connectivity index is 2.30. The zero-order valence-electron chi connectivity index (χ0n) is 10.5. The van der Waals surface area contributed by atoms with Crippen molar-refractivity contribution in [3.8, 4) is 17.3 Å². The third-order valence-electron chi connectivity index (χ3n) is 2.94. The molecule has 5 nitrogen and oxygen atoms in total. The average Bonchev–Trinajstić information content (AvgIpc) is 2.76. The van der Waals surface area contributed by atoms with Crippen LogP contribution in [0.2, 0.25) is 5.28 Å². The van der Waals surface area contributed by atoms with Crippen LogP contribution in [0.25, 0.3) is 22.6 Å². The van der Waals surface area contributed by atoms with E-state index < -0.39 is 0 Å². The first-order chi connectivity index (χ1) is 9.20. The van der Waals surface area contributed by atoms with Gasteiger partial charge < -0.3 is 9.30 Å². The van der Waals surface area contributed by atoms with Gasteiger partial charge in [0.2, 0.25) is 5.28 Å². The molecule has 96 valence electrons. The lowest BCUT2D eigenvalue weighted by atomic mass is 10.3. The van der Waals surface area contributed by atoms with Crippen LogP contribution >= 0.6 is 11.6 Å². The topological polar surface area (TPSA) is 52.8 Å². The van der Waals surface area contributed by atoms with E-state index in [-0.39, 0.29) is 5.28 Å². The summed E-state index contributed by atoms with van der Waals surface area (Å²) in [5.74, 6) is 1.24. The third kappa shape index (κ3) is 1.92. The highest BCUT2D eigenvalue weighted by Gasteiger charge is 2.16. The number of para-hydroxylation sites is 2. The minimum atomic E-state index is 0.169. The molecule has 0 saturated carbocycles. The van der Waals surface area contributed by atoms with E-state index in [4.69, 9.17) is 16.3 Å². The summed E-state index contributed by atoms with van der Waals surface area (Å²) in [7, 11) is 3.50. The zero-order valence-corrected chi connectivity index (χ0v) is 11.2. The SMILES string of the molecule is COc1cnc(Cl)nc1-c1nc2ccccc2n1C. The van der Waals surface area contributed by atoms with Gasteiger partial charge in [0.1, 0.15) is 0 Å². The van der Waals surface area contributed by atoms with Crippen LogP contribution < -0.4 is 4.74 Å². The van der Waals surface area contributed by atoms with E-state index in [2.05, 4.69) is 15.0 Å². The van der Waals surface area contributed by atoms with E-state index in [9.17, 15) is 0 Å². The minimum absolute atomic E-state index is 0.169. The molecule has 3 aromatic rings. The zero-order chi connectivity index (χ0) is 13.4. The molecule has 0 aliphatic heterocycles. The molecule has 0 bridgehead atoms. The number of halogens is 1. The van der Waals surface area contributed by atoms with Crippen LogP contribution in [0.4, 0.5) is 0 Å². The highest BCUT2D eigenvalue weighted by Crippen LogP contribution is 2.29. The Kier molecular flexibility index (Phi) is 2.83. The van der Waals surface area contributed by atoms with Gasteiger partial charge in [-0.05, 0) is 23.7 Å². The third-order valence-corrected chi connectivity index (χ3v) is 3.13. The molecule has 3 rings (SSSR count). The van der Waals surface area contributed by atoms with Crippen molar-refractivity contribution < 1.29 is 4.74 Å². The fourth-order valence-corrected chi connectivity index (χ4v) is 2.15. The number of ether oxygens (including phenoxy) is 1. The van der Waals surface area contributed by atoms with Crippen molar-refractivity contribution >= 4 is 22.6 Å². The minimum Gasteiger partial charge on any atom is -0.493 e. The Morgan fingerprint density at radius 2 is 2.00 bits per heavy atom. The molecule has 0 aliphatic carbocycles. The van der Waals surface area contributed by atoms with Gasteiger partial charge in [0.15, 0.2) is 17.3 Å². The first-order valence-electron chi connectivity index (χ1n) is 5.69. The summed E-state index contributed by atoms with van der Waals surface area (Å²) in [5, 5.41) is 0.169. The summed E-state index contributed by atoms with van der Waals surface area (Å²) in [6, 6.07) is 7.87. The molecule has 19 heavy (non-hydrogen) atoms. The molecule has 1 aromatic carbocycles. The summed E-state index contributed by atoms with van der Waals surface area (Å²) in [5.41, 5.74) is 2.51. The molecular weight excluding hydrogens is 264 g/mol. The van der Waals surface area contributed by atoms with Gasteiger partial charge in [0.05, 0.1) is 24.3 Å². The molecule has 0 fully saturated rings. The Hall–Kier alpha value is -2.14. The number of methoxy groups -OCH3 is 1. The van der Waals surface area contributed by atoms with E-state index in [1.807, 2.05) is 35.9 Å². The Morgan fingerprint density at radius 3 is 2.74 bits per heavy atom. The summed E-state index contributed by atoms with van der Waals surface area (Å²) in [6.45, 7) is 0. The fourth-order valence-electron chi connectivity index (χ4n) is 2.02. The monoisotopic (exact) mass is 274 g/mol. The first kappa shape index (κ1) is 11.9. The smallest absolute Gasteiger partial charge is 0.223 e. The van der Waals surface area contributed by atoms with Crippen LogP contribution in [0.1, 0.15) is 0 Å². The van der Waals surface area contributed by atoms with Gasteiger partial charge in [-0.3, -0.25) is 0 Å². The molecular formula is C13H11ClN4O. The summed E-state index contributed by atoms with van der Waals surface area (Å²) in [4.78, 5) is 12.7. The van der Waals surface area contributed by atoms with E-state index >= 15 is 0 Å². The lowest BCUT2D eigenvalue weighted by Crippen LogP contribution is -1.99. The van der Waals surface area contributed by atoms with Crippen LogP contribution in [-0.4, -0.2) is 26.6 Å². The van der Waals surface area contributed by atoms with Crippen molar-refractivity contribution in [3.05, 3.63) is 35.7 Å². The van der Waals surface area contributed by atoms with Crippen molar-refractivity contribution in [2.24, 2.45) is 7.05 Å². The Labute approximate surface area is 114 Å². The average molecular weight is 275 g/mol. The predicted octanol–water partition coefficient (Wildman–Crippen LogP) is 2.69. The fraction of sp³-hybridized carbons (Fsp3) is 0.154. The van der Waals surface area contributed by atoms with Gasteiger partial charge in [-0.25, -0.2) is 15.0 Å². The molecule has 2 heterocycles. The molecule has 0 spiro atoms. The molecule has 2 aromatic heterocycles. The second-order valence-corrected chi connectivity index (χ2v) is 4.38. The summed E-state index contributed by atoms with van der Waals surface area (Å²) >= 11 is 5.86. The van der Waals surface area contributed by atoms with E-state index in [1.165, 1.54) is 0 Å². The van der Waals surface area contributed by atoms with Crippen LogP contribution in [0.3, 0.4) is 0 Å². The number of hydrogen-bond acceptors (Lipinski definition) is 4. The molecule has 0 radical (unpaired) electrons. The highest BCUT2D eigenvalue weighted by molar-refractivity contribution is 6.28. The lowest BCUT2D eigenvalue weighted by Gasteiger charge is -2.07. The van der Waals surface area contributed by atoms with Crippen molar-refractivity contribution in [1.29, 1.82) is 0 Å². The largest absolute Gasteiger partial charge is 0.493 e. The second kappa shape index (κ2) is 4.51. The molecule has 6 heteroatoms. The van der Waals surface area contributed by atoms with Crippen molar-refractivity contribution in [3.63, 3.8) is 0 Å². The van der Waals surface area contributed by atoms with E-state index in [0.717, 1.165) is 11.0 Å². The van der Waals surface area contributed by atoms with Crippen molar-refractivity contribution in [2.45, 2.75) is 0 Å². The van der Waals surface area contributed by atoms with Gasteiger partial charge in [-0.1, -0.05) is 12.1 Å². The van der Waals surface area contributed by atoms with Gasteiger partial charge >= 0.3 is 0 Å². The molecule has 0 saturated heterocycles. The second-order valence-electron chi connectivity index (χ2n) is 4.04. The maximum atomic E-state index is 5.86. The van der Waals surface area contributed by atoms with Gasteiger partial charge in [-0.15, -0.1) is 0 Å². The Morgan fingerprint density at radius 1 is 1.21 bits per heavy atom. The summed E-state index contributed by atoms with van der Waals surface area (Å²) in [6.07, 6.45) is 1.55. The maximum absolute atomic E-state index is 5.86. The van der Waals surface area contributed by atoms with Crippen molar-refractivity contribution in [2.75, 3.05) is 7.11 Å².